The number of allylic oxidation sites excluding steroid dienone is 1. The monoisotopic (exact) mass is 314 g/mol. The maximum Gasteiger partial charge on any atom is 0.0421 e. The zero-order chi connectivity index (χ0) is 15.6. The molecule has 0 aromatic rings. The minimum atomic E-state index is -0.764. The molecule has 0 saturated carbocycles. The second-order valence-electron chi connectivity index (χ2n) is 6.26. The molecule has 21 heavy (non-hydrogen) atoms. The van der Waals surface area contributed by atoms with Gasteiger partial charge in [-0.2, -0.15) is 0 Å². The molecule has 0 heterocycles. The number of hydrogen-bond donors (Lipinski definition) is 0. The van der Waals surface area contributed by atoms with Gasteiger partial charge in [0.1, 0.15) is 0 Å². The van der Waals surface area contributed by atoms with Crippen LogP contribution in [-0.4, -0.2) is 10.5 Å². The molecule has 0 saturated heterocycles. The van der Waals surface area contributed by atoms with Crippen molar-refractivity contribution in [2.75, 3.05) is 6.26 Å². The third-order valence-corrected chi connectivity index (χ3v) is 4.59. The van der Waals surface area contributed by atoms with Crippen LogP contribution in [-0.2, 0) is 10.8 Å². The first-order chi connectivity index (χ1) is 10.3. The van der Waals surface area contributed by atoms with Gasteiger partial charge < -0.3 is 0 Å². The molecule has 1 nitrogen and oxygen atoms in total. The van der Waals surface area contributed by atoms with E-state index in [1.807, 2.05) is 5.41 Å². The first-order valence-corrected chi connectivity index (χ1v) is 10.9. The molecule has 0 spiro atoms. The van der Waals surface area contributed by atoms with Gasteiger partial charge in [-0.15, -0.1) is 0 Å². The molecule has 0 amide bonds. The van der Waals surface area contributed by atoms with Crippen molar-refractivity contribution in [3.05, 3.63) is 11.5 Å². The van der Waals surface area contributed by atoms with Crippen LogP contribution in [0.5, 0.6) is 0 Å². The Hall–Kier alpha value is -0.110. The van der Waals surface area contributed by atoms with E-state index in [1.54, 1.807) is 6.26 Å². The lowest BCUT2D eigenvalue weighted by molar-refractivity contribution is 0.536. The summed E-state index contributed by atoms with van der Waals surface area (Å²) in [7, 11) is -0.764. The maximum atomic E-state index is 10.8. The highest BCUT2D eigenvalue weighted by Gasteiger charge is 1.93. The van der Waals surface area contributed by atoms with Crippen molar-refractivity contribution >= 4 is 10.8 Å². The number of hydrogen-bond acceptors (Lipinski definition) is 1. The van der Waals surface area contributed by atoms with Crippen LogP contribution >= 0.6 is 0 Å². The van der Waals surface area contributed by atoms with Gasteiger partial charge in [0.15, 0.2) is 0 Å². The molecule has 0 aliphatic heterocycles. The molecule has 0 fully saturated rings. The summed E-state index contributed by atoms with van der Waals surface area (Å²) < 4.78 is 10.8. The van der Waals surface area contributed by atoms with Crippen molar-refractivity contribution in [1.82, 2.24) is 0 Å². The van der Waals surface area contributed by atoms with E-state index in [9.17, 15) is 4.21 Å². The molecule has 0 rings (SSSR count). The smallest absolute Gasteiger partial charge is 0.0421 e. The van der Waals surface area contributed by atoms with Gasteiger partial charge in [-0.1, -0.05) is 96.5 Å². The van der Waals surface area contributed by atoms with Gasteiger partial charge in [0.05, 0.1) is 0 Å². The molecule has 0 aromatic carbocycles. The number of unbranched alkanes of at least 4 members (excludes halogenated alkanes) is 14. The van der Waals surface area contributed by atoms with Gasteiger partial charge in [0.25, 0.3) is 0 Å². The van der Waals surface area contributed by atoms with Gasteiger partial charge in [-0.25, -0.2) is 0 Å². The summed E-state index contributed by atoms with van der Waals surface area (Å²) >= 11 is 0. The Morgan fingerprint density at radius 1 is 0.667 bits per heavy atom. The SMILES string of the molecule is CCCCCCCCCCCCCCCCC=CS(C)=O. The first-order valence-electron chi connectivity index (χ1n) is 9.26. The average molecular weight is 315 g/mol. The Labute approximate surface area is 136 Å². The molecule has 0 radical (unpaired) electrons. The van der Waals surface area contributed by atoms with Crippen molar-refractivity contribution in [2.45, 2.75) is 103 Å². The predicted molar refractivity (Wildman–Crippen MR) is 98.1 cm³/mol. The van der Waals surface area contributed by atoms with Gasteiger partial charge in [-0.05, 0) is 18.2 Å². The standard InChI is InChI=1S/C19H38OS/c1-3-4-5-6-7-8-9-10-11-12-13-14-15-16-17-18-19-21(2)20/h18-19H,3-17H2,1-2H3. The molecule has 0 aromatic heterocycles. The van der Waals surface area contributed by atoms with Gasteiger partial charge >= 0.3 is 0 Å². The molecule has 0 N–H and O–H groups in total. The predicted octanol–water partition coefficient (Wildman–Crippen LogP) is 6.75. The molecular weight excluding hydrogens is 276 g/mol. The Balaban J connectivity index is 3.01. The van der Waals surface area contributed by atoms with E-state index in [2.05, 4.69) is 13.0 Å². The average Bonchev–Trinajstić information content (AvgIpc) is 2.46. The first kappa shape index (κ1) is 20.9. The summed E-state index contributed by atoms with van der Waals surface area (Å²) in [6, 6.07) is 0. The summed E-state index contributed by atoms with van der Waals surface area (Å²) in [5.41, 5.74) is 0. The van der Waals surface area contributed by atoms with Crippen molar-refractivity contribution in [3.8, 4) is 0 Å². The topological polar surface area (TPSA) is 17.1 Å². The van der Waals surface area contributed by atoms with Crippen LogP contribution in [0.4, 0.5) is 0 Å². The van der Waals surface area contributed by atoms with Crippen LogP contribution in [0, 0.1) is 0 Å². The largest absolute Gasteiger partial charge is 0.255 e. The Kier molecular flexibility index (Phi) is 17.8. The van der Waals surface area contributed by atoms with Crippen molar-refractivity contribution in [1.29, 1.82) is 0 Å². The van der Waals surface area contributed by atoms with E-state index in [0.717, 1.165) is 6.42 Å². The number of rotatable bonds is 16. The Bertz CT molecular complexity index is 248. The third kappa shape index (κ3) is 19.9. The second-order valence-corrected chi connectivity index (χ2v) is 7.52. The highest BCUT2D eigenvalue weighted by molar-refractivity contribution is 7.87. The quantitative estimate of drug-likeness (QED) is 0.288. The lowest BCUT2D eigenvalue weighted by Crippen LogP contribution is -1.83. The van der Waals surface area contributed by atoms with E-state index in [0.29, 0.717) is 0 Å². The van der Waals surface area contributed by atoms with Gasteiger partial charge in [-0.3, -0.25) is 4.21 Å². The van der Waals surface area contributed by atoms with E-state index >= 15 is 0 Å². The summed E-state index contributed by atoms with van der Waals surface area (Å²) in [5, 5.41) is 1.81. The Morgan fingerprint density at radius 2 is 1.05 bits per heavy atom. The summed E-state index contributed by atoms with van der Waals surface area (Å²) in [5.74, 6) is 0. The molecule has 0 aliphatic carbocycles. The van der Waals surface area contributed by atoms with E-state index in [-0.39, 0.29) is 0 Å². The fourth-order valence-corrected chi connectivity index (χ4v) is 3.07. The summed E-state index contributed by atoms with van der Waals surface area (Å²) in [6.07, 6.45) is 24.6. The molecule has 0 aliphatic rings. The van der Waals surface area contributed by atoms with Crippen LogP contribution in [0.2, 0.25) is 0 Å². The highest BCUT2D eigenvalue weighted by atomic mass is 32.2. The van der Waals surface area contributed by atoms with E-state index in [1.165, 1.54) is 89.9 Å². The molecule has 1 atom stereocenters. The summed E-state index contributed by atoms with van der Waals surface area (Å²) in [4.78, 5) is 0. The van der Waals surface area contributed by atoms with E-state index in [4.69, 9.17) is 0 Å². The minimum Gasteiger partial charge on any atom is -0.255 e. The van der Waals surface area contributed by atoms with Crippen molar-refractivity contribution in [2.24, 2.45) is 0 Å². The maximum absolute atomic E-state index is 10.8. The highest BCUT2D eigenvalue weighted by Crippen LogP contribution is 2.13. The molecule has 1 unspecified atom stereocenters. The fraction of sp³-hybridized carbons (Fsp3) is 0.895. The van der Waals surface area contributed by atoms with Crippen LogP contribution in [0.25, 0.3) is 0 Å². The van der Waals surface area contributed by atoms with E-state index < -0.39 is 10.8 Å². The zero-order valence-electron chi connectivity index (χ0n) is 14.6. The van der Waals surface area contributed by atoms with Crippen LogP contribution in [0.1, 0.15) is 103 Å². The van der Waals surface area contributed by atoms with Crippen LogP contribution in [0.15, 0.2) is 11.5 Å². The van der Waals surface area contributed by atoms with Crippen molar-refractivity contribution in [3.63, 3.8) is 0 Å². The summed E-state index contributed by atoms with van der Waals surface area (Å²) in [6.45, 7) is 2.28. The Morgan fingerprint density at radius 3 is 1.43 bits per heavy atom. The normalized spacial score (nSPS) is 13.0. The third-order valence-electron chi connectivity index (χ3n) is 4.01. The van der Waals surface area contributed by atoms with Crippen molar-refractivity contribution < 1.29 is 4.21 Å². The van der Waals surface area contributed by atoms with Crippen LogP contribution < -0.4 is 0 Å². The van der Waals surface area contributed by atoms with Gasteiger partial charge in [0.2, 0.25) is 0 Å². The molecule has 2 heteroatoms. The zero-order valence-corrected chi connectivity index (χ0v) is 15.4. The van der Waals surface area contributed by atoms with Crippen LogP contribution in [0.3, 0.4) is 0 Å². The van der Waals surface area contributed by atoms with Gasteiger partial charge in [0, 0.05) is 17.1 Å². The minimum absolute atomic E-state index is 0.764. The molecule has 0 bridgehead atoms. The fourth-order valence-electron chi connectivity index (χ4n) is 2.66. The second kappa shape index (κ2) is 17.9. The lowest BCUT2D eigenvalue weighted by atomic mass is 10.0. The molecule has 126 valence electrons. The lowest BCUT2D eigenvalue weighted by Gasteiger charge is -2.02. The molecular formula is C19H38OS.